The van der Waals surface area contributed by atoms with E-state index in [2.05, 4.69) is 4.98 Å². The zero-order valence-corrected chi connectivity index (χ0v) is 8.73. The molecular weight excluding hydrogens is 234 g/mol. The van der Waals surface area contributed by atoms with Crippen LogP contribution in [0.25, 0.3) is 0 Å². The van der Waals surface area contributed by atoms with Crippen molar-refractivity contribution >= 4 is 6.09 Å². The Hall–Kier alpha value is -1.76. The summed E-state index contributed by atoms with van der Waals surface area (Å²) < 4.78 is 25.7. The zero-order valence-electron chi connectivity index (χ0n) is 8.73. The molecule has 1 saturated heterocycles. The molecule has 1 fully saturated rings. The number of halogens is 2. The molecule has 17 heavy (non-hydrogen) atoms. The topological polar surface area (TPSA) is 73.7 Å². The summed E-state index contributed by atoms with van der Waals surface area (Å²) >= 11 is 0. The van der Waals surface area contributed by atoms with Gasteiger partial charge in [0.15, 0.2) is 0 Å². The number of β-amino-alcohol motifs (C(OH)–C–C–N with tert-alkyl or cyclic N) is 1. The van der Waals surface area contributed by atoms with Crippen molar-refractivity contribution in [2.24, 2.45) is 0 Å². The number of likely N-dealkylation sites (tertiary alicyclic amines) is 1. The van der Waals surface area contributed by atoms with Crippen LogP contribution < -0.4 is 0 Å². The van der Waals surface area contributed by atoms with E-state index in [9.17, 15) is 18.7 Å². The molecule has 0 saturated carbocycles. The molecule has 1 aliphatic rings. The molecule has 0 aliphatic carbocycles. The summed E-state index contributed by atoms with van der Waals surface area (Å²) in [6, 6.07) is 2.19. The molecule has 2 N–H and O–H groups in total. The van der Waals surface area contributed by atoms with E-state index in [0.717, 1.165) is 11.0 Å². The molecule has 0 bridgehead atoms. The van der Waals surface area contributed by atoms with Crippen LogP contribution >= 0.6 is 0 Å². The van der Waals surface area contributed by atoms with Gasteiger partial charge in [-0.2, -0.15) is 13.8 Å². The molecule has 1 amide bonds. The van der Waals surface area contributed by atoms with Crippen LogP contribution in [0.4, 0.5) is 13.6 Å². The van der Waals surface area contributed by atoms with Crippen LogP contribution in [-0.2, 0) is 6.42 Å². The number of pyridine rings is 1. The molecular formula is C10H10F2N2O3. The molecule has 2 rings (SSSR count). The minimum Gasteiger partial charge on any atom is -0.465 e. The maximum atomic E-state index is 13.2. The Morgan fingerprint density at radius 1 is 1.47 bits per heavy atom. The first-order valence-electron chi connectivity index (χ1n) is 4.91. The molecule has 7 heteroatoms. The van der Waals surface area contributed by atoms with Crippen molar-refractivity contribution < 1.29 is 23.8 Å². The zero-order chi connectivity index (χ0) is 12.6. The van der Waals surface area contributed by atoms with Crippen molar-refractivity contribution in [1.82, 2.24) is 9.88 Å². The maximum Gasteiger partial charge on any atom is 0.407 e. The third-order valence-electron chi connectivity index (χ3n) is 2.65. The number of carboxylic acid groups (broad SMARTS) is 1. The van der Waals surface area contributed by atoms with Gasteiger partial charge in [0, 0.05) is 12.0 Å². The van der Waals surface area contributed by atoms with E-state index in [4.69, 9.17) is 5.11 Å². The van der Waals surface area contributed by atoms with Crippen LogP contribution in [0, 0.1) is 11.9 Å². The monoisotopic (exact) mass is 244 g/mol. The molecule has 92 valence electrons. The highest BCUT2D eigenvalue weighted by atomic mass is 19.1. The number of aliphatic hydroxyl groups is 1. The fourth-order valence-corrected chi connectivity index (χ4v) is 1.84. The smallest absolute Gasteiger partial charge is 0.407 e. The Balaban J connectivity index is 2.05. The van der Waals surface area contributed by atoms with Gasteiger partial charge in [-0.15, -0.1) is 0 Å². The largest absolute Gasteiger partial charge is 0.465 e. The lowest BCUT2D eigenvalue weighted by atomic mass is 9.88. The third kappa shape index (κ3) is 2.33. The average Bonchev–Trinajstić information content (AvgIpc) is 2.18. The van der Waals surface area contributed by atoms with E-state index in [1.54, 1.807) is 0 Å². The molecule has 2 heterocycles. The van der Waals surface area contributed by atoms with Gasteiger partial charge in [-0.25, -0.2) is 4.79 Å². The first kappa shape index (κ1) is 11.7. The summed E-state index contributed by atoms with van der Waals surface area (Å²) in [5, 5.41) is 18.5. The van der Waals surface area contributed by atoms with E-state index in [0.29, 0.717) is 0 Å². The Labute approximate surface area is 95.3 Å². The highest BCUT2D eigenvalue weighted by Crippen LogP contribution is 2.25. The second-order valence-corrected chi connectivity index (χ2v) is 4.12. The first-order chi connectivity index (χ1) is 7.89. The summed E-state index contributed by atoms with van der Waals surface area (Å²) in [5.41, 5.74) is -1.22. The first-order valence-corrected chi connectivity index (χ1v) is 4.91. The van der Waals surface area contributed by atoms with E-state index in [1.165, 1.54) is 6.07 Å². The molecule has 1 aromatic heterocycles. The quantitative estimate of drug-likeness (QED) is 0.748. The van der Waals surface area contributed by atoms with Crippen molar-refractivity contribution in [2.75, 3.05) is 13.1 Å². The van der Waals surface area contributed by atoms with Gasteiger partial charge in [0.25, 0.3) is 0 Å². The van der Waals surface area contributed by atoms with Gasteiger partial charge in [0.2, 0.25) is 11.9 Å². The second kappa shape index (κ2) is 3.92. The predicted octanol–water partition coefficient (Wildman–Crippen LogP) is 0.627. The molecule has 1 aliphatic heterocycles. The SMILES string of the molecule is O=C(O)N1CC(O)(Cc2ccc(F)nc2F)C1. The Bertz CT molecular complexity index is 461. The standard InChI is InChI=1S/C10H10F2N2O3/c11-7-2-1-6(8(12)13-7)3-10(17)4-14(5-10)9(15)16/h1-2,17H,3-5H2,(H,15,16). The van der Waals surface area contributed by atoms with Gasteiger partial charge >= 0.3 is 6.09 Å². The average molecular weight is 244 g/mol. The number of carbonyl (C=O) groups is 1. The highest BCUT2D eigenvalue weighted by molar-refractivity contribution is 5.66. The summed E-state index contributed by atoms with van der Waals surface area (Å²) in [6.07, 6.45) is -1.22. The fourth-order valence-electron chi connectivity index (χ4n) is 1.84. The lowest BCUT2D eigenvalue weighted by Gasteiger charge is -2.44. The number of hydrogen-bond acceptors (Lipinski definition) is 3. The van der Waals surface area contributed by atoms with E-state index in [1.807, 2.05) is 0 Å². The normalized spacial score (nSPS) is 17.7. The Morgan fingerprint density at radius 2 is 2.12 bits per heavy atom. The minimum atomic E-state index is -1.29. The summed E-state index contributed by atoms with van der Waals surface area (Å²) in [5.74, 6) is -1.91. The third-order valence-corrected chi connectivity index (χ3v) is 2.65. The minimum absolute atomic E-state index is 0.0685. The molecule has 0 aromatic carbocycles. The van der Waals surface area contributed by atoms with Gasteiger partial charge in [-0.1, -0.05) is 0 Å². The van der Waals surface area contributed by atoms with Crippen molar-refractivity contribution in [1.29, 1.82) is 0 Å². The van der Waals surface area contributed by atoms with Gasteiger partial charge in [0.05, 0.1) is 13.1 Å². The molecule has 0 spiro atoms. The summed E-state index contributed by atoms with van der Waals surface area (Å²) in [4.78, 5) is 14.5. The fraction of sp³-hybridized carbons (Fsp3) is 0.400. The van der Waals surface area contributed by atoms with E-state index >= 15 is 0 Å². The van der Waals surface area contributed by atoms with Crippen LogP contribution in [0.2, 0.25) is 0 Å². The van der Waals surface area contributed by atoms with Crippen LogP contribution in [-0.4, -0.2) is 44.9 Å². The van der Waals surface area contributed by atoms with Crippen molar-refractivity contribution in [3.05, 3.63) is 29.6 Å². The molecule has 0 atom stereocenters. The van der Waals surface area contributed by atoms with Gasteiger partial charge in [-0.05, 0) is 12.1 Å². The van der Waals surface area contributed by atoms with Crippen LogP contribution in [0.1, 0.15) is 5.56 Å². The summed E-state index contributed by atoms with van der Waals surface area (Å²) in [6.45, 7) is -0.168. The highest BCUT2D eigenvalue weighted by Gasteiger charge is 2.44. The van der Waals surface area contributed by atoms with Crippen molar-refractivity contribution in [3.8, 4) is 0 Å². The summed E-state index contributed by atoms with van der Waals surface area (Å²) in [7, 11) is 0. The Morgan fingerprint density at radius 3 is 2.65 bits per heavy atom. The lowest BCUT2D eigenvalue weighted by Crippen LogP contribution is -2.64. The molecule has 1 aromatic rings. The predicted molar refractivity (Wildman–Crippen MR) is 52.4 cm³/mol. The number of aromatic nitrogens is 1. The number of amides is 1. The molecule has 0 radical (unpaired) electrons. The number of rotatable bonds is 2. The lowest BCUT2D eigenvalue weighted by molar-refractivity contribution is -0.0837. The van der Waals surface area contributed by atoms with Gasteiger partial charge in [0.1, 0.15) is 5.60 Å². The van der Waals surface area contributed by atoms with Gasteiger partial charge < -0.3 is 15.1 Å². The van der Waals surface area contributed by atoms with Crippen molar-refractivity contribution in [3.63, 3.8) is 0 Å². The number of nitrogens with zero attached hydrogens (tertiary/aromatic N) is 2. The maximum absolute atomic E-state index is 13.2. The van der Waals surface area contributed by atoms with E-state index < -0.39 is 23.6 Å². The number of hydrogen-bond donors (Lipinski definition) is 2. The van der Waals surface area contributed by atoms with E-state index in [-0.39, 0.29) is 25.1 Å². The van der Waals surface area contributed by atoms with Crippen LogP contribution in [0.3, 0.4) is 0 Å². The Kier molecular flexibility index (Phi) is 2.70. The second-order valence-electron chi connectivity index (χ2n) is 4.12. The van der Waals surface area contributed by atoms with Crippen molar-refractivity contribution in [2.45, 2.75) is 12.0 Å². The van der Waals surface area contributed by atoms with Gasteiger partial charge in [-0.3, -0.25) is 0 Å². The molecule has 5 nitrogen and oxygen atoms in total. The van der Waals surface area contributed by atoms with Crippen LogP contribution in [0.15, 0.2) is 12.1 Å². The molecule has 0 unspecified atom stereocenters. The van der Waals surface area contributed by atoms with Crippen LogP contribution in [0.5, 0.6) is 0 Å².